The fourth-order valence-corrected chi connectivity index (χ4v) is 1.65. The first-order valence-corrected chi connectivity index (χ1v) is 5.61. The average Bonchev–Trinajstić information content (AvgIpc) is 2.18. The second-order valence-corrected chi connectivity index (χ2v) is 4.36. The van der Waals surface area contributed by atoms with Crippen molar-refractivity contribution in [3.8, 4) is 0 Å². The molecule has 14 heavy (non-hydrogen) atoms. The minimum Gasteiger partial charge on any atom is -0.261 e. The number of aromatic nitrogens is 1. The second-order valence-electron chi connectivity index (χ2n) is 4.36. The molecule has 1 nitrogen and oxygen atoms in total. The standard InChI is InChI=1S/C13H21N/c1-5-6-11(4)12-7-8-13(10(2)3)14-9-12/h7-11H,5-6H2,1-4H3. The highest BCUT2D eigenvalue weighted by molar-refractivity contribution is 5.19. The molecule has 0 aliphatic heterocycles. The van der Waals surface area contributed by atoms with Gasteiger partial charge in [0.2, 0.25) is 0 Å². The van der Waals surface area contributed by atoms with Gasteiger partial charge in [0.05, 0.1) is 0 Å². The van der Waals surface area contributed by atoms with Crippen molar-refractivity contribution < 1.29 is 0 Å². The number of rotatable bonds is 4. The van der Waals surface area contributed by atoms with Crippen molar-refractivity contribution >= 4 is 0 Å². The summed E-state index contributed by atoms with van der Waals surface area (Å²) in [6, 6.07) is 4.38. The summed E-state index contributed by atoms with van der Waals surface area (Å²) >= 11 is 0. The van der Waals surface area contributed by atoms with Gasteiger partial charge in [0.15, 0.2) is 0 Å². The third-order valence-corrected chi connectivity index (χ3v) is 2.69. The Morgan fingerprint density at radius 2 is 1.93 bits per heavy atom. The van der Waals surface area contributed by atoms with Crippen LogP contribution in [-0.2, 0) is 0 Å². The molecule has 1 unspecified atom stereocenters. The molecule has 0 saturated carbocycles. The molecule has 0 amide bonds. The van der Waals surface area contributed by atoms with Gasteiger partial charge < -0.3 is 0 Å². The lowest BCUT2D eigenvalue weighted by atomic mass is 9.97. The summed E-state index contributed by atoms with van der Waals surface area (Å²) < 4.78 is 0. The van der Waals surface area contributed by atoms with Crippen molar-refractivity contribution in [1.29, 1.82) is 0 Å². The van der Waals surface area contributed by atoms with Crippen LogP contribution in [0, 0.1) is 0 Å². The second kappa shape index (κ2) is 5.14. The molecule has 0 spiro atoms. The SMILES string of the molecule is CCCC(C)c1ccc(C(C)C)nc1. The maximum atomic E-state index is 4.48. The maximum Gasteiger partial charge on any atom is 0.0429 e. The highest BCUT2D eigenvalue weighted by Crippen LogP contribution is 2.21. The van der Waals surface area contributed by atoms with Gasteiger partial charge in [0.1, 0.15) is 0 Å². The number of hydrogen-bond donors (Lipinski definition) is 0. The summed E-state index contributed by atoms with van der Waals surface area (Å²) in [5.74, 6) is 1.18. The maximum absolute atomic E-state index is 4.48. The van der Waals surface area contributed by atoms with E-state index in [9.17, 15) is 0 Å². The van der Waals surface area contributed by atoms with E-state index in [0.29, 0.717) is 11.8 Å². The van der Waals surface area contributed by atoms with Crippen molar-refractivity contribution in [2.45, 2.75) is 52.4 Å². The Morgan fingerprint density at radius 1 is 1.21 bits per heavy atom. The van der Waals surface area contributed by atoms with E-state index in [0.717, 1.165) is 0 Å². The molecule has 0 aliphatic carbocycles. The molecule has 0 radical (unpaired) electrons. The zero-order valence-electron chi connectivity index (χ0n) is 9.75. The average molecular weight is 191 g/mol. The molecule has 1 aromatic heterocycles. The molecule has 0 fully saturated rings. The summed E-state index contributed by atoms with van der Waals surface area (Å²) in [6.45, 7) is 8.86. The normalized spacial score (nSPS) is 13.2. The molecule has 0 aromatic carbocycles. The Labute approximate surface area is 87.6 Å². The number of hydrogen-bond acceptors (Lipinski definition) is 1. The monoisotopic (exact) mass is 191 g/mol. The van der Waals surface area contributed by atoms with E-state index in [4.69, 9.17) is 0 Å². The molecule has 0 aliphatic rings. The Bertz CT molecular complexity index is 261. The van der Waals surface area contributed by atoms with Gasteiger partial charge in [-0.3, -0.25) is 4.98 Å². The zero-order valence-corrected chi connectivity index (χ0v) is 9.75. The van der Waals surface area contributed by atoms with Crippen molar-refractivity contribution in [2.24, 2.45) is 0 Å². The largest absolute Gasteiger partial charge is 0.261 e. The third kappa shape index (κ3) is 2.83. The van der Waals surface area contributed by atoms with Gasteiger partial charge in [-0.2, -0.15) is 0 Å². The van der Waals surface area contributed by atoms with Gasteiger partial charge >= 0.3 is 0 Å². The van der Waals surface area contributed by atoms with E-state index in [1.54, 1.807) is 0 Å². The molecule has 0 saturated heterocycles. The number of nitrogens with zero attached hydrogens (tertiary/aromatic N) is 1. The summed E-state index contributed by atoms with van der Waals surface area (Å²) in [6.07, 6.45) is 4.53. The minimum atomic E-state index is 0.533. The summed E-state index contributed by atoms with van der Waals surface area (Å²) in [4.78, 5) is 4.48. The van der Waals surface area contributed by atoms with E-state index in [-0.39, 0.29) is 0 Å². The lowest BCUT2D eigenvalue weighted by Gasteiger charge is -2.11. The third-order valence-electron chi connectivity index (χ3n) is 2.69. The van der Waals surface area contributed by atoms with E-state index in [1.807, 2.05) is 6.20 Å². The van der Waals surface area contributed by atoms with E-state index in [1.165, 1.54) is 24.1 Å². The quantitative estimate of drug-likeness (QED) is 0.698. The van der Waals surface area contributed by atoms with Crippen molar-refractivity contribution in [3.63, 3.8) is 0 Å². The van der Waals surface area contributed by atoms with Crippen LogP contribution in [0.3, 0.4) is 0 Å². The van der Waals surface area contributed by atoms with Crippen molar-refractivity contribution in [2.75, 3.05) is 0 Å². The Kier molecular flexibility index (Phi) is 4.12. The molecular weight excluding hydrogens is 170 g/mol. The van der Waals surface area contributed by atoms with Gasteiger partial charge in [-0.15, -0.1) is 0 Å². The van der Waals surface area contributed by atoms with Gasteiger partial charge in [-0.25, -0.2) is 0 Å². The van der Waals surface area contributed by atoms with Gasteiger partial charge in [0, 0.05) is 11.9 Å². The van der Waals surface area contributed by atoms with E-state index < -0.39 is 0 Å². The summed E-state index contributed by atoms with van der Waals surface area (Å²) in [5, 5.41) is 0. The van der Waals surface area contributed by atoms with Crippen LogP contribution in [0.5, 0.6) is 0 Å². The molecule has 1 atom stereocenters. The lowest BCUT2D eigenvalue weighted by molar-refractivity contribution is 0.660. The Balaban J connectivity index is 2.72. The zero-order chi connectivity index (χ0) is 10.6. The molecular formula is C13H21N. The fraction of sp³-hybridized carbons (Fsp3) is 0.615. The van der Waals surface area contributed by atoms with Crippen LogP contribution >= 0.6 is 0 Å². The first kappa shape index (κ1) is 11.2. The molecule has 78 valence electrons. The highest BCUT2D eigenvalue weighted by Gasteiger charge is 2.05. The first-order valence-electron chi connectivity index (χ1n) is 5.61. The number of pyridine rings is 1. The molecule has 0 bridgehead atoms. The van der Waals surface area contributed by atoms with Crippen molar-refractivity contribution in [3.05, 3.63) is 29.6 Å². The molecule has 0 N–H and O–H groups in total. The van der Waals surface area contributed by atoms with Crippen LogP contribution in [0.1, 0.15) is 63.6 Å². The molecule has 1 rings (SSSR count). The smallest absolute Gasteiger partial charge is 0.0429 e. The van der Waals surface area contributed by atoms with Crippen LogP contribution in [0.2, 0.25) is 0 Å². The van der Waals surface area contributed by atoms with Crippen LogP contribution in [0.4, 0.5) is 0 Å². The van der Waals surface area contributed by atoms with Gasteiger partial charge in [-0.1, -0.05) is 40.2 Å². The fourth-order valence-electron chi connectivity index (χ4n) is 1.65. The molecule has 1 heteroatoms. The highest BCUT2D eigenvalue weighted by atomic mass is 14.7. The molecule has 1 aromatic rings. The van der Waals surface area contributed by atoms with Crippen LogP contribution in [0.15, 0.2) is 18.3 Å². The van der Waals surface area contributed by atoms with Crippen LogP contribution < -0.4 is 0 Å². The van der Waals surface area contributed by atoms with E-state index >= 15 is 0 Å². The molecule has 1 heterocycles. The van der Waals surface area contributed by atoms with Crippen LogP contribution in [0.25, 0.3) is 0 Å². The minimum absolute atomic E-state index is 0.533. The summed E-state index contributed by atoms with van der Waals surface area (Å²) in [7, 11) is 0. The summed E-state index contributed by atoms with van der Waals surface area (Å²) in [5.41, 5.74) is 2.56. The Morgan fingerprint density at radius 3 is 2.36 bits per heavy atom. The van der Waals surface area contributed by atoms with Gasteiger partial charge in [0.25, 0.3) is 0 Å². The lowest BCUT2D eigenvalue weighted by Crippen LogP contribution is -1.97. The van der Waals surface area contributed by atoms with Crippen molar-refractivity contribution in [1.82, 2.24) is 4.98 Å². The predicted molar refractivity (Wildman–Crippen MR) is 61.6 cm³/mol. The van der Waals surface area contributed by atoms with Gasteiger partial charge in [-0.05, 0) is 29.9 Å². The van der Waals surface area contributed by atoms with E-state index in [2.05, 4.69) is 44.8 Å². The topological polar surface area (TPSA) is 12.9 Å². The predicted octanol–water partition coefficient (Wildman–Crippen LogP) is 4.11. The first-order chi connectivity index (χ1) is 6.65. The van der Waals surface area contributed by atoms with Crippen LogP contribution in [-0.4, -0.2) is 4.98 Å². The Hall–Kier alpha value is -0.850.